The van der Waals surface area contributed by atoms with Crippen molar-refractivity contribution in [1.82, 2.24) is 10.3 Å². The van der Waals surface area contributed by atoms with Crippen molar-refractivity contribution in [3.63, 3.8) is 0 Å². The molecule has 1 aromatic heterocycles. The lowest BCUT2D eigenvalue weighted by Crippen LogP contribution is -2.34. The van der Waals surface area contributed by atoms with Gasteiger partial charge in [0.15, 0.2) is 0 Å². The zero-order valence-corrected chi connectivity index (χ0v) is 10.4. The molecule has 6 heteroatoms. The van der Waals surface area contributed by atoms with Crippen LogP contribution in [0.4, 0.5) is 0 Å². The van der Waals surface area contributed by atoms with E-state index in [1.807, 2.05) is 0 Å². The molecule has 1 heterocycles. The Morgan fingerprint density at radius 2 is 2.16 bits per heavy atom. The number of amides is 1. The van der Waals surface area contributed by atoms with Crippen LogP contribution in [0, 0.1) is 11.8 Å². The Kier molecular flexibility index (Phi) is 3.99. The molecule has 1 saturated carbocycles. The first-order valence-electron chi connectivity index (χ1n) is 6.28. The minimum absolute atomic E-state index is 0.0307. The average molecular weight is 264 g/mol. The van der Waals surface area contributed by atoms with Crippen molar-refractivity contribution in [3.05, 3.63) is 34.2 Å². The third-order valence-corrected chi connectivity index (χ3v) is 3.51. The van der Waals surface area contributed by atoms with Gasteiger partial charge in [0.2, 0.25) is 5.56 Å². The summed E-state index contributed by atoms with van der Waals surface area (Å²) in [6.07, 6.45) is 2.35. The molecule has 0 saturated heterocycles. The summed E-state index contributed by atoms with van der Waals surface area (Å²) in [5.74, 6) is -1.59. The Morgan fingerprint density at radius 3 is 2.84 bits per heavy atom. The highest BCUT2D eigenvalue weighted by atomic mass is 16.4. The van der Waals surface area contributed by atoms with E-state index < -0.39 is 5.97 Å². The Labute approximate surface area is 109 Å². The van der Waals surface area contributed by atoms with Gasteiger partial charge in [0, 0.05) is 12.6 Å². The summed E-state index contributed by atoms with van der Waals surface area (Å²) in [7, 11) is 0. The number of carboxylic acid groups (broad SMARTS) is 1. The lowest BCUT2D eigenvalue weighted by molar-refractivity contribution is -0.142. The van der Waals surface area contributed by atoms with Gasteiger partial charge in [-0.05, 0) is 24.8 Å². The zero-order valence-electron chi connectivity index (χ0n) is 10.4. The molecule has 2 unspecified atom stereocenters. The van der Waals surface area contributed by atoms with Crippen LogP contribution in [-0.2, 0) is 4.79 Å². The second kappa shape index (κ2) is 5.69. The molecule has 0 aromatic carbocycles. The SMILES string of the molecule is O=C(NCC1CCCC1C(=O)O)c1cccc(=O)[nH]1. The number of hydrogen-bond donors (Lipinski definition) is 3. The van der Waals surface area contributed by atoms with E-state index in [9.17, 15) is 14.4 Å². The molecule has 0 spiro atoms. The minimum Gasteiger partial charge on any atom is -0.481 e. The van der Waals surface area contributed by atoms with Gasteiger partial charge in [0.25, 0.3) is 5.91 Å². The summed E-state index contributed by atoms with van der Waals surface area (Å²) in [5.41, 5.74) is -0.144. The highest BCUT2D eigenvalue weighted by Crippen LogP contribution is 2.31. The molecule has 0 radical (unpaired) electrons. The maximum atomic E-state index is 11.8. The lowest BCUT2D eigenvalue weighted by Gasteiger charge is -2.16. The topological polar surface area (TPSA) is 99.3 Å². The first-order chi connectivity index (χ1) is 9.08. The van der Waals surface area contributed by atoms with Crippen LogP contribution in [0.25, 0.3) is 0 Å². The largest absolute Gasteiger partial charge is 0.481 e. The van der Waals surface area contributed by atoms with Crippen LogP contribution < -0.4 is 10.9 Å². The molecule has 6 nitrogen and oxygen atoms in total. The summed E-state index contributed by atoms with van der Waals surface area (Å²) in [6, 6.07) is 4.34. The quantitative estimate of drug-likeness (QED) is 0.741. The number of rotatable bonds is 4. The van der Waals surface area contributed by atoms with E-state index in [0.29, 0.717) is 13.0 Å². The number of carbonyl (C=O) groups excluding carboxylic acids is 1. The predicted octanol–water partition coefficient (Wildman–Crippen LogP) is 0.606. The van der Waals surface area contributed by atoms with Crippen LogP contribution in [0.1, 0.15) is 29.8 Å². The molecule has 1 fully saturated rings. The highest BCUT2D eigenvalue weighted by molar-refractivity contribution is 5.92. The number of aliphatic carboxylic acids is 1. The predicted molar refractivity (Wildman–Crippen MR) is 67.9 cm³/mol. The number of pyridine rings is 1. The Bertz CT molecular complexity index is 537. The summed E-state index contributed by atoms with van der Waals surface area (Å²) >= 11 is 0. The fraction of sp³-hybridized carbons (Fsp3) is 0.462. The van der Waals surface area contributed by atoms with Crippen molar-refractivity contribution in [2.75, 3.05) is 6.54 Å². The van der Waals surface area contributed by atoms with Crippen LogP contribution in [0.5, 0.6) is 0 Å². The second-order valence-corrected chi connectivity index (χ2v) is 4.77. The maximum absolute atomic E-state index is 11.8. The van der Waals surface area contributed by atoms with Gasteiger partial charge in [0.1, 0.15) is 5.69 Å². The average Bonchev–Trinajstić information content (AvgIpc) is 2.84. The van der Waals surface area contributed by atoms with Crippen molar-refractivity contribution in [2.24, 2.45) is 11.8 Å². The van der Waals surface area contributed by atoms with Gasteiger partial charge in [-0.25, -0.2) is 0 Å². The number of nitrogens with one attached hydrogen (secondary N) is 2. The van der Waals surface area contributed by atoms with E-state index >= 15 is 0 Å². The van der Waals surface area contributed by atoms with Crippen LogP contribution in [0.3, 0.4) is 0 Å². The third kappa shape index (κ3) is 3.21. The normalized spacial score (nSPS) is 22.1. The van der Waals surface area contributed by atoms with E-state index in [2.05, 4.69) is 10.3 Å². The molecule has 1 aromatic rings. The number of H-pyrrole nitrogens is 1. The molecule has 102 valence electrons. The van der Waals surface area contributed by atoms with E-state index in [4.69, 9.17) is 5.11 Å². The third-order valence-electron chi connectivity index (χ3n) is 3.51. The van der Waals surface area contributed by atoms with Gasteiger partial charge >= 0.3 is 5.97 Å². The van der Waals surface area contributed by atoms with Crippen LogP contribution in [-0.4, -0.2) is 28.5 Å². The van der Waals surface area contributed by atoms with Crippen molar-refractivity contribution >= 4 is 11.9 Å². The smallest absolute Gasteiger partial charge is 0.306 e. The number of carbonyl (C=O) groups is 2. The number of aromatic amines is 1. The fourth-order valence-electron chi connectivity index (χ4n) is 2.51. The van der Waals surface area contributed by atoms with Crippen molar-refractivity contribution in [1.29, 1.82) is 0 Å². The summed E-state index contributed by atoms with van der Waals surface area (Å²) in [5, 5.41) is 11.7. The van der Waals surface area contributed by atoms with Crippen molar-refractivity contribution in [3.8, 4) is 0 Å². The highest BCUT2D eigenvalue weighted by Gasteiger charge is 2.32. The lowest BCUT2D eigenvalue weighted by atomic mass is 9.96. The molecule has 0 bridgehead atoms. The van der Waals surface area contributed by atoms with E-state index in [1.54, 1.807) is 0 Å². The number of aromatic nitrogens is 1. The molecular formula is C13H16N2O4. The Morgan fingerprint density at radius 1 is 1.37 bits per heavy atom. The van der Waals surface area contributed by atoms with Gasteiger partial charge < -0.3 is 15.4 Å². The minimum atomic E-state index is -0.801. The molecular weight excluding hydrogens is 248 g/mol. The molecule has 19 heavy (non-hydrogen) atoms. The van der Waals surface area contributed by atoms with Gasteiger partial charge in [-0.2, -0.15) is 0 Å². The fourth-order valence-corrected chi connectivity index (χ4v) is 2.51. The zero-order chi connectivity index (χ0) is 13.8. The number of hydrogen-bond acceptors (Lipinski definition) is 3. The molecule has 2 rings (SSSR count). The van der Waals surface area contributed by atoms with Crippen LogP contribution in [0.2, 0.25) is 0 Å². The number of carboxylic acids is 1. The standard InChI is InChI=1S/C13H16N2O4/c16-11-6-2-5-10(15-11)12(17)14-7-8-3-1-4-9(8)13(18)19/h2,5-6,8-9H,1,3-4,7H2,(H,14,17)(H,15,16)(H,18,19). The van der Waals surface area contributed by atoms with Gasteiger partial charge in [-0.3, -0.25) is 14.4 Å². The summed E-state index contributed by atoms with van der Waals surface area (Å²) in [4.78, 5) is 36.3. The van der Waals surface area contributed by atoms with Gasteiger partial charge in [-0.15, -0.1) is 0 Å². The van der Waals surface area contributed by atoms with Gasteiger partial charge in [0.05, 0.1) is 5.92 Å². The van der Waals surface area contributed by atoms with Crippen LogP contribution >= 0.6 is 0 Å². The Hall–Kier alpha value is -2.11. The monoisotopic (exact) mass is 264 g/mol. The van der Waals surface area contributed by atoms with Crippen LogP contribution in [0.15, 0.2) is 23.0 Å². The van der Waals surface area contributed by atoms with E-state index in [-0.39, 0.29) is 29.0 Å². The first kappa shape index (κ1) is 13.3. The second-order valence-electron chi connectivity index (χ2n) is 4.77. The van der Waals surface area contributed by atoms with E-state index in [1.165, 1.54) is 18.2 Å². The molecule has 1 aliphatic rings. The maximum Gasteiger partial charge on any atom is 0.306 e. The first-order valence-corrected chi connectivity index (χ1v) is 6.28. The molecule has 1 aliphatic carbocycles. The summed E-state index contributed by atoms with van der Waals surface area (Å²) in [6.45, 7) is 0.326. The molecule has 2 atom stereocenters. The molecule has 3 N–H and O–H groups in total. The van der Waals surface area contributed by atoms with Crippen molar-refractivity contribution in [2.45, 2.75) is 19.3 Å². The summed E-state index contributed by atoms with van der Waals surface area (Å²) < 4.78 is 0. The van der Waals surface area contributed by atoms with Gasteiger partial charge in [-0.1, -0.05) is 12.5 Å². The Balaban J connectivity index is 1.94. The molecule has 0 aliphatic heterocycles. The molecule has 1 amide bonds. The van der Waals surface area contributed by atoms with Crippen molar-refractivity contribution < 1.29 is 14.7 Å². The van der Waals surface area contributed by atoms with E-state index in [0.717, 1.165) is 12.8 Å².